The minimum atomic E-state index is -1.22. The van der Waals surface area contributed by atoms with Gasteiger partial charge in [-0.25, -0.2) is 18.4 Å². The summed E-state index contributed by atoms with van der Waals surface area (Å²) in [5.41, 5.74) is -0.618. The Labute approximate surface area is 108 Å². The van der Waals surface area contributed by atoms with Crippen molar-refractivity contribution in [1.29, 1.82) is 0 Å². The lowest BCUT2D eigenvalue weighted by atomic mass is 10.1. The molecule has 3 N–H and O–H groups in total. The third-order valence-electron chi connectivity index (χ3n) is 2.42. The van der Waals surface area contributed by atoms with Gasteiger partial charge >= 0.3 is 12.0 Å². The highest BCUT2D eigenvalue weighted by Crippen LogP contribution is 2.17. The predicted octanol–water partition coefficient (Wildman–Crippen LogP) is 2.20. The van der Waals surface area contributed by atoms with E-state index < -0.39 is 35.4 Å². The molecule has 0 spiro atoms. The zero-order valence-electron chi connectivity index (χ0n) is 10.4. The van der Waals surface area contributed by atoms with Crippen molar-refractivity contribution < 1.29 is 23.5 Å². The molecular formula is C12H14F2N2O3. The van der Waals surface area contributed by atoms with Gasteiger partial charge in [0.15, 0.2) is 0 Å². The van der Waals surface area contributed by atoms with Crippen LogP contribution in [0.15, 0.2) is 18.2 Å². The van der Waals surface area contributed by atoms with Crippen molar-refractivity contribution in [2.75, 3.05) is 5.32 Å². The second-order valence-electron chi connectivity index (χ2n) is 4.26. The molecule has 104 valence electrons. The van der Waals surface area contributed by atoms with Crippen molar-refractivity contribution >= 4 is 17.7 Å². The first-order valence-electron chi connectivity index (χ1n) is 5.57. The zero-order chi connectivity index (χ0) is 14.6. The first-order valence-corrected chi connectivity index (χ1v) is 5.57. The summed E-state index contributed by atoms with van der Waals surface area (Å²) in [5.74, 6) is -3.47. The molecule has 0 heterocycles. The monoisotopic (exact) mass is 272 g/mol. The molecule has 0 aliphatic heterocycles. The highest BCUT2D eigenvalue weighted by Gasteiger charge is 2.24. The molecule has 0 aromatic heterocycles. The Kier molecular flexibility index (Phi) is 4.80. The van der Waals surface area contributed by atoms with E-state index in [0.717, 1.165) is 18.2 Å². The molecule has 0 saturated carbocycles. The van der Waals surface area contributed by atoms with Crippen LogP contribution in [0.5, 0.6) is 0 Å². The van der Waals surface area contributed by atoms with Crippen LogP contribution in [-0.2, 0) is 4.79 Å². The molecule has 0 aliphatic rings. The standard InChI is InChI=1S/C12H14F2N2O3/c1-6(2)9(11(17)18)15-12(19)16-10-7(13)4-3-5-8(10)14/h3-6,9H,1-2H3,(H,17,18)(H2,15,16,19). The molecule has 0 aliphatic carbocycles. The SMILES string of the molecule is CC(C)C(NC(=O)Nc1c(F)cccc1F)C(=O)O. The number of hydrogen-bond donors (Lipinski definition) is 3. The normalized spacial score (nSPS) is 12.1. The Morgan fingerprint density at radius 3 is 2.16 bits per heavy atom. The largest absolute Gasteiger partial charge is 0.480 e. The zero-order valence-corrected chi connectivity index (χ0v) is 10.4. The Bertz CT molecular complexity index is 472. The minimum absolute atomic E-state index is 0.367. The fourth-order valence-corrected chi connectivity index (χ4v) is 1.42. The maximum Gasteiger partial charge on any atom is 0.326 e. The molecule has 19 heavy (non-hydrogen) atoms. The van der Waals surface area contributed by atoms with E-state index in [1.54, 1.807) is 13.8 Å². The van der Waals surface area contributed by atoms with Crippen LogP contribution in [0.25, 0.3) is 0 Å². The summed E-state index contributed by atoms with van der Waals surface area (Å²) in [6, 6.07) is 0.994. The number of carbonyl (C=O) groups excluding carboxylic acids is 1. The number of aliphatic carboxylic acids is 1. The molecule has 7 heteroatoms. The average molecular weight is 272 g/mol. The van der Waals surface area contributed by atoms with E-state index in [-0.39, 0.29) is 5.92 Å². The van der Waals surface area contributed by atoms with Crippen LogP contribution in [0.4, 0.5) is 19.3 Å². The van der Waals surface area contributed by atoms with Crippen LogP contribution < -0.4 is 10.6 Å². The van der Waals surface area contributed by atoms with Gasteiger partial charge < -0.3 is 15.7 Å². The molecule has 0 bridgehead atoms. The Balaban J connectivity index is 2.78. The van der Waals surface area contributed by atoms with E-state index >= 15 is 0 Å². The van der Waals surface area contributed by atoms with Crippen molar-refractivity contribution in [2.45, 2.75) is 19.9 Å². The number of halogens is 2. The molecule has 1 aromatic rings. The number of urea groups is 1. The van der Waals surface area contributed by atoms with E-state index in [2.05, 4.69) is 5.32 Å². The van der Waals surface area contributed by atoms with Crippen molar-refractivity contribution in [2.24, 2.45) is 5.92 Å². The number of carboxylic acid groups (broad SMARTS) is 1. The van der Waals surface area contributed by atoms with Gasteiger partial charge in [0.25, 0.3) is 0 Å². The molecule has 1 rings (SSSR count). The second kappa shape index (κ2) is 6.12. The highest BCUT2D eigenvalue weighted by atomic mass is 19.1. The Hall–Kier alpha value is -2.18. The van der Waals surface area contributed by atoms with Gasteiger partial charge in [0, 0.05) is 0 Å². The van der Waals surface area contributed by atoms with Gasteiger partial charge in [-0.3, -0.25) is 0 Å². The molecular weight excluding hydrogens is 258 g/mol. The lowest BCUT2D eigenvalue weighted by Crippen LogP contribution is -2.46. The Morgan fingerprint density at radius 1 is 1.21 bits per heavy atom. The summed E-state index contributed by atoms with van der Waals surface area (Å²) in [6.07, 6.45) is 0. The fourth-order valence-electron chi connectivity index (χ4n) is 1.42. The van der Waals surface area contributed by atoms with Gasteiger partial charge in [-0.2, -0.15) is 0 Å². The van der Waals surface area contributed by atoms with E-state index in [1.165, 1.54) is 0 Å². The van der Waals surface area contributed by atoms with Crippen molar-refractivity contribution in [3.05, 3.63) is 29.8 Å². The maximum atomic E-state index is 13.3. The van der Waals surface area contributed by atoms with Gasteiger partial charge in [-0.05, 0) is 18.1 Å². The van der Waals surface area contributed by atoms with E-state index in [1.807, 2.05) is 5.32 Å². The second-order valence-corrected chi connectivity index (χ2v) is 4.26. The van der Waals surface area contributed by atoms with Crippen LogP contribution in [0, 0.1) is 17.6 Å². The summed E-state index contributed by atoms with van der Waals surface area (Å²) < 4.78 is 26.5. The summed E-state index contributed by atoms with van der Waals surface area (Å²) in [7, 11) is 0. The highest BCUT2D eigenvalue weighted by molar-refractivity contribution is 5.92. The number of rotatable bonds is 4. The third kappa shape index (κ3) is 3.90. The molecule has 0 saturated heterocycles. The quantitative estimate of drug-likeness (QED) is 0.786. The summed E-state index contributed by atoms with van der Waals surface area (Å²) in [6.45, 7) is 3.20. The van der Waals surface area contributed by atoms with Crippen LogP contribution >= 0.6 is 0 Å². The smallest absolute Gasteiger partial charge is 0.326 e. The topological polar surface area (TPSA) is 78.4 Å². The van der Waals surface area contributed by atoms with E-state index in [9.17, 15) is 18.4 Å². The maximum absolute atomic E-state index is 13.3. The first-order chi connectivity index (χ1) is 8.82. The number of carboxylic acids is 1. The average Bonchev–Trinajstić information content (AvgIpc) is 2.30. The van der Waals surface area contributed by atoms with E-state index in [4.69, 9.17) is 5.11 Å². The number of benzene rings is 1. The minimum Gasteiger partial charge on any atom is -0.480 e. The molecule has 1 aromatic carbocycles. The van der Waals surface area contributed by atoms with Gasteiger partial charge in [-0.15, -0.1) is 0 Å². The lowest BCUT2D eigenvalue weighted by Gasteiger charge is -2.18. The molecule has 1 atom stereocenters. The first kappa shape index (κ1) is 14.9. The third-order valence-corrected chi connectivity index (χ3v) is 2.42. The van der Waals surface area contributed by atoms with Crippen LogP contribution in [0.3, 0.4) is 0 Å². The summed E-state index contributed by atoms with van der Waals surface area (Å²) >= 11 is 0. The van der Waals surface area contributed by atoms with Crippen molar-refractivity contribution in [1.82, 2.24) is 5.32 Å². The number of carbonyl (C=O) groups is 2. The summed E-state index contributed by atoms with van der Waals surface area (Å²) in [4.78, 5) is 22.4. The molecule has 0 fully saturated rings. The Morgan fingerprint density at radius 2 is 1.74 bits per heavy atom. The van der Waals surface area contributed by atoms with E-state index in [0.29, 0.717) is 0 Å². The van der Waals surface area contributed by atoms with Crippen LogP contribution in [0.2, 0.25) is 0 Å². The van der Waals surface area contributed by atoms with Gasteiger partial charge in [0.05, 0.1) is 0 Å². The lowest BCUT2D eigenvalue weighted by molar-refractivity contribution is -0.140. The summed E-state index contributed by atoms with van der Waals surface area (Å²) in [5, 5.41) is 13.0. The predicted molar refractivity (Wildman–Crippen MR) is 64.8 cm³/mol. The van der Waals surface area contributed by atoms with Gasteiger partial charge in [0.1, 0.15) is 23.4 Å². The van der Waals surface area contributed by atoms with Gasteiger partial charge in [0.2, 0.25) is 0 Å². The number of hydrogen-bond acceptors (Lipinski definition) is 2. The number of para-hydroxylation sites is 1. The fraction of sp³-hybridized carbons (Fsp3) is 0.333. The number of amides is 2. The number of anilines is 1. The van der Waals surface area contributed by atoms with Crippen LogP contribution in [0.1, 0.15) is 13.8 Å². The molecule has 1 unspecified atom stereocenters. The van der Waals surface area contributed by atoms with Crippen molar-refractivity contribution in [3.63, 3.8) is 0 Å². The van der Waals surface area contributed by atoms with Crippen LogP contribution in [-0.4, -0.2) is 23.1 Å². The van der Waals surface area contributed by atoms with Gasteiger partial charge in [-0.1, -0.05) is 19.9 Å². The molecule has 0 radical (unpaired) electrons. The number of nitrogens with one attached hydrogen (secondary N) is 2. The van der Waals surface area contributed by atoms with Crippen molar-refractivity contribution in [3.8, 4) is 0 Å². The molecule has 2 amide bonds. The molecule has 5 nitrogen and oxygen atoms in total.